The smallest absolute Gasteiger partial charge is 0.408 e. The number of hydrogen-bond acceptors (Lipinski definition) is 5. The average molecular weight is 282 g/mol. The van der Waals surface area contributed by atoms with Crippen LogP contribution in [0.4, 0.5) is 4.79 Å². The van der Waals surface area contributed by atoms with Crippen molar-refractivity contribution in [2.75, 3.05) is 7.11 Å². The van der Waals surface area contributed by atoms with Crippen molar-refractivity contribution in [3.63, 3.8) is 0 Å². The fourth-order valence-electron chi connectivity index (χ4n) is 1.40. The molecule has 0 saturated carbocycles. The number of aliphatic carboxylic acids is 1. The first-order valence-electron chi connectivity index (χ1n) is 5.95. The summed E-state index contributed by atoms with van der Waals surface area (Å²) in [5.74, 6) is -0.849. The van der Waals surface area contributed by atoms with Gasteiger partial charge in [-0.05, 0) is 26.8 Å². The zero-order valence-electron chi connectivity index (χ0n) is 11.8. The van der Waals surface area contributed by atoms with Crippen LogP contribution >= 0.6 is 0 Å². The van der Waals surface area contributed by atoms with Gasteiger partial charge in [-0.3, -0.25) is 0 Å². The number of rotatable bonds is 4. The molecule has 0 aromatic carbocycles. The van der Waals surface area contributed by atoms with Crippen LogP contribution in [0.25, 0.3) is 0 Å². The molecule has 1 aromatic rings. The molecular formula is C13H18N2O5. The van der Waals surface area contributed by atoms with Gasteiger partial charge in [-0.25, -0.2) is 14.6 Å². The van der Waals surface area contributed by atoms with Crippen molar-refractivity contribution >= 4 is 12.1 Å². The van der Waals surface area contributed by atoms with Gasteiger partial charge in [0.1, 0.15) is 5.60 Å². The number of ether oxygens (including phenoxy) is 2. The van der Waals surface area contributed by atoms with Crippen molar-refractivity contribution in [1.82, 2.24) is 10.3 Å². The summed E-state index contributed by atoms with van der Waals surface area (Å²) in [7, 11) is 1.45. The maximum atomic E-state index is 11.6. The van der Waals surface area contributed by atoms with Gasteiger partial charge in [0.15, 0.2) is 6.04 Å². The minimum absolute atomic E-state index is 0.323. The third-order valence-corrected chi connectivity index (χ3v) is 2.21. The zero-order valence-corrected chi connectivity index (χ0v) is 11.8. The molecule has 0 saturated heterocycles. The molecule has 0 aliphatic rings. The average Bonchev–Trinajstić information content (AvgIpc) is 2.34. The quantitative estimate of drug-likeness (QED) is 0.873. The number of pyridine rings is 1. The Hall–Kier alpha value is -2.31. The van der Waals surface area contributed by atoms with E-state index in [-0.39, 0.29) is 0 Å². The second-order valence-electron chi connectivity index (χ2n) is 5.05. The lowest BCUT2D eigenvalue weighted by Gasteiger charge is -2.22. The standard InChI is InChI=1S/C13H18N2O5/c1-13(2,3)20-12(18)15-10(11(16)17)8-5-6-9(19-4)14-7-8/h5-7,10H,1-4H3,(H,15,18)(H,16,17). The predicted octanol–water partition coefficient (Wildman–Crippen LogP) is 1.74. The number of amides is 1. The number of carbonyl (C=O) groups excluding carboxylic acids is 1. The molecule has 7 heteroatoms. The molecule has 0 aliphatic carbocycles. The number of alkyl carbamates (subject to hydrolysis) is 1. The predicted molar refractivity (Wildman–Crippen MR) is 70.5 cm³/mol. The maximum absolute atomic E-state index is 11.6. The highest BCUT2D eigenvalue weighted by atomic mass is 16.6. The third kappa shape index (κ3) is 4.75. The number of carboxylic acid groups (broad SMARTS) is 1. The van der Waals surface area contributed by atoms with E-state index in [1.165, 1.54) is 25.4 Å². The van der Waals surface area contributed by atoms with Gasteiger partial charge in [-0.15, -0.1) is 0 Å². The highest BCUT2D eigenvalue weighted by Gasteiger charge is 2.25. The molecule has 0 spiro atoms. The molecule has 2 N–H and O–H groups in total. The SMILES string of the molecule is COc1ccc(C(NC(=O)OC(C)(C)C)C(=O)O)cn1. The Morgan fingerprint density at radius 3 is 2.40 bits per heavy atom. The second-order valence-corrected chi connectivity index (χ2v) is 5.05. The van der Waals surface area contributed by atoms with Crippen molar-refractivity contribution in [1.29, 1.82) is 0 Å². The number of nitrogens with zero attached hydrogens (tertiary/aromatic N) is 1. The summed E-state index contributed by atoms with van der Waals surface area (Å²) in [5.41, 5.74) is -0.380. The summed E-state index contributed by atoms with van der Waals surface area (Å²) in [6.07, 6.45) is 0.523. The van der Waals surface area contributed by atoms with Crippen molar-refractivity contribution in [3.8, 4) is 5.88 Å². The van der Waals surface area contributed by atoms with Crippen LogP contribution in [0.1, 0.15) is 32.4 Å². The Balaban J connectivity index is 2.83. The first kappa shape index (κ1) is 15.7. The van der Waals surface area contributed by atoms with Crippen LogP contribution in [0.3, 0.4) is 0 Å². The molecule has 110 valence electrons. The van der Waals surface area contributed by atoms with Gasteiger partial charge in [0.05, 0.1) is 7.11 Å². The topological polar surface area (TPSA) is 97.8 Å². The Labute approximate surface area is 116 Å². The molecule has 1 amide bonds. The summed E-state index contributed by atoms with van der Waals surface area (Å²) >= 11 is 0. The fraction of sp³-hybridized carbons (Fsp3) is 0.462. The Morgan fingerprint density at radius 1 is 1.35 bits per heavy atom. The summed E-state index contributed by atoms with van der Waals surface area (Å²) in [5, 5.41) is 11.5. The minimum atomic E-state index is -1.23. The zero-order chi connectivity index (χ0) is 15.3. The molecule has 7 nitrogen and oxygen atoms in total. The summed E-state index contributed by atoms with van der Waals surface area (Å²) in [6.45, 7) is 5.08. The highest BCUT2D eigenvalue weighted by molar-refractivity contribution is 5.81. The van der Waals surface area contributed by atoms with Crippen molar-refractivity contribution in [2.45, 2.75) is 32.4 Å². The Morgan fingerprint density at radius 2 is 2.00 bits per heavy atom. The molecule has 0 radical (unpaired) electrons. The van der Waals surface area contributed by atoms with Gasteiger partial charge in [0, 0.05) is 17.8 Å². The van der Waals surface area contributed by atoms with Crippen LogP contribution in [0.2, 0.25) is 0 Å². The number of aromatic nitrogens is 1. The Kier molecular flexibility index (Phi) is 4.90. The molecule has 0 fully saturated rings. The van der Waals surface area contributed by atoms with Crippen molar-refractivity contribution in [2.24, 2.45) is 0 Å². The van der Waals surface area contributed by atoms with E-state index in [1.54, 1.807) is 20.8 Å². The second kappa shape index (κ2) is 6.23. The van der Waals surface area contributed by atoms with Crippen molar-refractivity contribution < 1.29 is 24.2 Å². The number of nitrogens with one attached hydrogen (secondary N) is 1. The molecule has 1 rings (SSSR count). The number of methoxy groups -OCH3 is 1. The molecular weight excluding hydrogens is 264 g/mol. The molecule has 1 unspecified atom stereocenters. The molecule has 20 heavy (non-hydrogen) atoms. The lowest BCUT2D eigenvalue weighted by Crippen LogP contribution is -2.38. The van der Waals surface area contributed by atoms with E-state index < -0.39 is 23.7 Å². The van der Waals surface area contributed by atoms with Crippen molar-refractivity contribution in [3.05, 3.63) is 23.9 Å². The van der Waals surface area contributed by atoms with Crippen LogP contribution < -0.4 is 10.1 Å². The van der Waals surface area contributed by atoms with Crippen LogP contribution in [0.15, 0.2) is 18.3 Å². The minimum Gasteiger partial charge on any atom is -0.481 e. The van der Waals surface area contributed by atoms with E-state index in [0.29, 0.717) is 11.4 Å². The lowest BCUT2D eigenvalue weighted by molar-refractivity contribution is -0.139. The molecule has 0 aliphatic heterocycles. The van der Waals surface area contributed by atoms with E-state index in [9.17, 15) is 14.7 Å². The molecule has 1 atom stereocenters. The third-order valence-electron chi connectivity index (χ3n) is 2.21. The normalized spacial score (nSPS) is 12.4. The van der Waals surface area contributed by atoms with Gasteiger partial charge in [0.25, 0.3) is 0 Å². The van der Waals surface area contributed by atoms with Crippen LogP contribution in [-0.2, 0) is 9.53 Å². The van der Waals surface area contributed by atoms with E-state index in [4.69, 9.17) is 9.47 Å². The van der Waals surface area contributed by atoms with Gasteiger partial charge in [-0.1, -0.05) is 0 Å². The number of hydrogen-bond donors (Lipinski definition) is 2. The number of carbonyl (C=O) groups is 2. The Bertz CT molecular complexity index is 479. The van der Waals surface area contributed by atoms with Gasteiger partial charge >= 0.3 is 12.1 Å². The summed E-state index contributed by atoms with van der Waals surface area (Å²) in [6, 6.07) is 1.80. The first-order chi connectivity index (χ1) is 9.23. The largest absolute Gasteiger partial charge is 0.481 e. The fourth-order valence-corrected chi connectivity index (χ4v) is 1.40. The summed E-state index contributed by atoms with van der Waals surface area (Å²) in [4.78, 5) is 26.8. The van der Waals surface area contributed by atoms with Gasteiger partial charge in [0.2, 0.25) is 5.88 Å². The lowest BCUT2D eigenvalue weighted by atomic mass is 10.1. The molecule has 1 aromatic heterocycles. The van der Waals surface area contributed by atoms with Crippen LogP contribution in [0.5, 0.6) is 5.88 Å². The van der Waals surface area contributed by atoms with Gasteiger partial charge < -0.3 is 19.9 Å². The molecule has 0 bridgehead atoms. The van der Waals surface area contributed by atoms with Gasteiger partial charge in [-0.2, -0.15) is 0 Å². The highest BCUT2D eigenvalue weighted by Crippen LogP contribution is 2.16. The van der Waals surface area contributed by atoms with E-state index in [2.05, 4.69) is 10.3 Å². The first-order valence-corrected chi connectivity index (χ1v) is 5.95. The van der Waals surface area contributed by atoms with E-state index in [1.807, 2.05) is 0 Å². The monoisotopic (exact) mass is 282 g/mol. The van der Waals surface area contributed by atoms with E-state index in [0.717, 1.165) is 0 Å². The summed E-state index contributed by atoms with van der Waals surface area (Å²) < 4.78 is 9.91. The van der Waals surface area contributed by atoms with E-state index >= 15 is 0 Å². The molecule has 1 heterocycles. The van der Waals surface area contributed by atoms with Crippen LogP contribution in [0, 0.1) is 0 Å². The van der Waals surface area contributed by atoms with Crippen LogP contribution in [-0.4, -0.2) is 34.9 Å². The maximum Gasteiger partial charge on any atom is 0.408 e. The number of carboxylic acids is 1.